The molecule has 0 aromatic carbocycles. The number of nitrogens with one attached hydrogen (secondary N) is 3. The van der Waals surface area contributed by atoms with Gasteiger partial charge in [-0.1, -0.05) is 73.1 Å². The number of hydrogen-bond acceptors (Lipinski definition) is 26. The number of amides is 5. The van der Waals surface area contributed by atoms with Gasteiger partial charge in [0.05, 0.1) is 25.4 Å². The highest BCUT2D eigenvalue weighted by Gasteiger charge is 2.62. The van der Waals surface area contributed by atoms with Crippen LogP contribution in [0.4, 0.5) is 4.79 Å². The highest BCUT2D eigenvalue weighted by Crippen LogP contribution is 2.49. The normalized spacial score (nSPS) is 33.8. The van der Waals surface area contributed by atoms with Crippen LogP contribution in [-0.4, -0.2) is 229 Å². The summed E-state index contributed by atoms with van der Waals surface area (Å²) >= 11 is 0. The molecule has 22 atom stereocenters. The van der Waals surface area contributed by atoms with Gasteiger partial charge < -0.3 is 116 Å². The summed E-state index contributed by atoms with van der Waals surface area (Å²) in [6.07, 6.45) is -21.5. The minimum absolute atomic E-state index is 0.0838. The third-order valence-electron chi connectivity index (χ3n) is 16.8. The van der Waals surface area contributed by atoms with E-state index < -0.39 is 196 Å². The van der Waals surface area contributed by atoms with Gasteiger partial charge in [0.25, 0.3) is 5.91 Å². The number of hydrogen-bond donors (Lipinski definition) is 14. The van der Waals surface area contributed by atoms with E-state index in [-0.39, 0.29) is 24.9 Å². The lowest BCUT2D eigenvalue weighted by molar-refractivity contribution is -0.367. The van der Waals surface area contributed by atoms with Gasteiger partial charge in [-0.15, -0.1) is 0 Å². The summed E-state index contributed by atoms with van der Waals surface area (Å²) in [5.74, 6) is -7.11. The van der Waals surface area contributed by atoms with Gasteiger partial charge in [0, 0.05) is 26.7 Å². The molecular formula is C63H98N5O28P. The number of aliphatic hydroxyl groups is 7. The molecule has 0 aromatic heterocycles. The Hall–Kier alpha value is -5.92. The average molecular weight is 1400 g/mol. The van der Waals surface area contributed by atoms with Crippen LogP contribution in [0.25, 0.3) is 0 Å². The maximum atomic E-state index is 13.9. The zero-order valence-corrected chi connectivity index (χ0v) is 57.2. The molecule has 4 fully saturated rings. The highest BCUT2D eigenvalue weighted by molar-refractivity contribution is 7.47. The van der Waals surface area contributed by atoms with Crippen LogP contribution in [0.3, 0.4) is 0 Å². The number of phosphoric acid groups is 1. The summed E-state index contributed by atoms with van der Waals surface area (Å²) in [6.45, 7) is 20.7. The van der Waals surface area contributed by atoms with Gasteiger partial charge in [-0.3, -0.25) is 33.0 Å². The van der Waals surface area contributed by atoms with Crippen molar-refractivity contribution in [3.63, 3.8) is 0 Å². The number of aliphatic carboxylic acids is 1. The molecule has 548 valence electrons. The van der Waals surface area contributed by atoms with Crippen molar-refractivity contribution < 1.29 is 136 Å². The van der Waals surface area contributed by atoms with Crippen LogP contribution in [0.5, 0.6) is 0 Å². The largest absolute Gasteiger partial charge is 0.510 e. The van der Waals surface area contributed by atoms with E-state index in [9.17, 15) is 83.9 Å². The second-order valence-electron chi connectivity index (χ2n) is 26.0. The highest BCUT2D eigenvalue weighted by atomic mass is 31.2. The van der Waals surface area contributed by atoms with Crippen molar-refractivity contribution in [2.75, 3.05) is 13.2 Å². The van der Waals surface area contributed by atoms with Crippen LogP contribution in [0.1, 0.15) is 134 Å². The first kappa shape index (κ1) is 81.8. The minimum Gasteiger partial charge on any atom is -0.510 e. The molecule has 4 saturated heterocycles. The molecule has 5 amide bonds. The molecule has 4 aliphatic heterocycles. The van der Waals surface area contributed by atoms with Crippen molar-refractivity contribution in [1.29, 1.82) is 0 Å². The van der Waals surface area contributed by atoms with E-state index in [1.165, 1.54) is 25.0 Å². The van der Waals surface area contributed by atoms with Gasteiger partial charge in [-0.25, -0.2) is 14.2 Å². The summed E-state index contributed by atoms with van der Waals surface area (Å²) in [5, 5.41) is 95.4. The molecule has 1 aliphatic carbocycles. The molecule has 33 nitrogen and oxygen atoms in total. The SMILES string of the molecule is C=C(C/C=C(\C)CCC=C(C)C)CCC(C)(C)/C=C\CC/C(C)=C\CO[C@@H](COP(=O)(O)O[C@@H]1O[C@@H](C(N)=O)[C@](C)(O)[C@@H](OC(N)=O)[C@@H]1O[C@H]1O[C@@H](C)[C@H](O[C@H]2O[C@@H](C)[C@H](O[C@H]3O[C@@H](C(=O)NC4=C(O)CCC4=O)[C@@H](O)[C@@H](O)[C@@H]3O)[C@@H](O)[C@@H]2NC(C)=O)[C@@H](O)[C@@H]1NC(C)=O)C(=O)O. The standard InChI is InChI=1S/C63H98N5O28P/c1-29(2)16-15-18-30(3)19-20-32(5)23-26-62(10,11)25-14-13-17-31(4)24-27-86-39(56(80)81)28-87-97(84,85)96-60-51(52(95-61(65)82)63(12,83)53(94-60)54(64)78)93-58-42(67-36(9)70)43(73)48(33(6)89-58)90-57-41(66-35(8)69)44(74)49(34(7)88-57)91-59-47(77)45(75)46(76)50(92-59)55(79)68-40-37(71)21-22-38(40)72/h14,16,19,24-25,33-34,39,41-53,57-60,71,73-77,83H,5,13,15,17-18,20-23,26-28H2,1-4,6-12H3,(H2,64,78)(H2,65,82)(H,66,69)(H,67,70)(H,68,79)(H,80,81)(H,84,85)/b25-14-,30-19+,31-24-/t33-,34-,39-,41-,42-,43-,44-,45+,46-,47-,48-,49-,50+,51-,52-,53-,57+,58+,59-,60-,63+/m0/s1. The van der Waals surface area contributed by atoms with Crippen molar-refractivity contribution in [2.45, 2.75) is 262 Å². The molecule has 0 bridgehead atoms. The van der Waals surface area contributed by atoms with Gasteiger partial charge in [-0.05, 0) is 98.8 Å². The Morgan fingerprint density at radius 3 is 1.84 bits per heavy atom. The zero-order valence-electron chi connectivity index (χ0n) is 56.3. The van der Waals surface area contributed by atoms with Gasteiger partial charge in [0.15, 0.2) is 61.5 Å². The van der Waals surface area contributed by atoms with Crippen molar-refractivity contribution in [2.24, 2.45) is 16.9 Å². The lowest BCUT2D eigenvalue weighted by atomic mass is 9.85. The predicted molar refractivity (Wildman–Crippen MR) is 338 cm³/mol. The molecule has 0 radical (unpaired) electrons. The van der Waals surface area contributed by atoms with Gasteiger partial charge in [0.2, 0.25) is 17.7 Å². The topological polar surface area (TPSA) is 508 Å². The lowest BCUT2D eigenvalue weighted by Gasteiger charge is -2.51. The summed E-state index contributed by atoms with van der Waals surface area (Å²) in [6, 6.07) is -3.53. The molecule has 16 N–H and O–H groups in total. The molecule has 34 heteroatoms. The molecule has 0 saturated carbocycles. The van der Waals surface area contributed by atoms with Crippen molar-refractivity contribution in [3.8, 4) is 0 Å². The fourth-order valence-electron chi connectivity index (χ4n) is 11.2. The van der Waals surface area contributed by atoms with E-state index in [1.807, 2.05) is 6.92 Å². The maximum Gasteiger partial charge on any atom is 0.474 e. The molecular weight excluding hydrogens is 1310 g/mol. The number of ketones is 1. The van der Waals surface area contributed by atoms with Crippen molar-refractivity contribution in [1.82, 2.24) is 16.0 Å². The fraction of sp³-hybridized carbons (Fsp3) is 0.698. The van der Waals surface area contributed by atoms with E-state index in [0.717, 1.165) is 64.0 Å². The number of aliphatic hydroxyl groups excluding tert-OH is 6. The van der Waals surface area contributed by atoms with E-state index in [0.29, 0.717) is 12.8 Å². The van der Waals surface area contributed by atoms with Gasteiger partial charge in [0.1, 0.15) is 71.9 Å². The molecule has 5 rings (SSSR count). The Morgan fingerprint density at radius 1 is 0.753 bits per heavy atom. The number of nitrogens with two attached hydrogens (primary N) is 2. The Bertz CT molecular complexity index is 3000. The molecule has 0 spiro atoms. The number of carboxylic acids is 1. The van der Waals surface area contributed by atoms with Crippen molar-refractivity contribution in [3.05, 3.63) is 70.7 Å². The van der Waals surface area contributed by atoms with Gasteiger partial charge >= 0.3 is 19.9 Å². The Labute approximate surface area is 562 Å². The van der Waals surface area contributed by atoms with Crippen molar-refractivity contribution >= 4 is 49.3 Å². The third kappa shape index (κ3) is 23.3. The van der Waals surface area contributed by atoms with Gasteiger partial charge in [-0.2, -0.15) is 0 Å². The molecule has 1 unspecified atom stereocenters. The Morgan fingerprint density at radius 2 is 1.31 bits per heavy atom. The van der Waals surface area contributed by atoms with E-state index in [2.05, 4.69) is 81.5 Å². The molecule has 0 aromatic rings. The average Bonchev–Trinajstić information content (AvgIpc) is 1.38. The smallest absolute Gasteiger partial charge is 0.474 e. The maximum absolute atomic E-state index is 13.9. The number of phosphoric ester groups is 1. The first-order chi connectivity index (χ1) is 45.1. The number of allylic oxidation sites excluding steroid dienone is 10. The lowest BCUT2D eigenvalue weighted by Crippen LogP contribution is -2.72. The number of Topliss-reactive ketones (excluding diaryl/α,β-unsaturated/α-hetero) is 1. The molecule has 5 aliphatic rings. The molecule has 97 heavy (non-hydrogen) atoms. The second-order valence-corrected chi connectivity index (χ2v) is 27.4. The van der Waals surface area contributed by atoms with Crippen LogP contribution in [0.15, 0.2) is 70.7 Å². The summed E-state index contributed by atoms with van der Waals surface area (Å²) < 4.78 is 76.5. The van der Waals surface area contributed by atoms with Crippen LogP contribution in [0, 0.1) is 5.41 Å². The minimum atomic E-state index is -5.69. The number of rotatable bonds is 33. The Balaban J connectivity index is 1.28. The molecule has 4 heterocycles. The monoisotopic (exact) mass is 1400 g/mol. The third-order valence-corrected chi connectivity index (χ3v) is 17.7. The number of carboxylic acid groups (broad SMARTS) is 1. The first-order valence-corrected chi connectivity index (χ1v) is 33.2. The quantitative estimate of drug-likeness (QED) is 0.0324. The van der Waals surface area contributed by atoms with Crippen LogP contribution in [0.2, 0.25) is 0 Å². The number of carbonyl (C=O) groups excluding carboxylic acids is 6. The van der Waals surface area contributed by atoms with E-state index in [4.69, 9.17) is 63.1 Å². The second kappa shape index (κ2) is 35.9. The Kier molecular flexibility index (Phi) is 30.3. The number of ether oxygens (including phenoxy) is 9. The van der Waals surface area contributed by atoms with Crippen LogP contribution < -0.4 is 27.4 Å². The zero-order chi connectivity index (χ0) is 72.8. The fourth-order valence-corrected chi connectivity index (χ4v) is 12.1. The number of primary amides is 2. The summed E-state index contributed by atoms with van der Waals surface area (Å²) in [5.41, 5.74) is 12.2. The van der Waals surface area contributed by atoms with E-state index in [1.54, 1.807) is 6.08 Å². The number of carbonyl (C=O) groups is 7. The summed E-state index contributed by atoms with van der Waals surface area (Å²) in [7, 11) is -5.69. The summed E-state index contributed by atoms with van der Waals surface area (Å²) in [4.78, 5) is 100. The van der Waals surface area contributed by atoms with Crippen LogP contribution in [-0.2, 0) is 85.0 Å². The first-order valence-electron chi connectivity index (χ1n) is 31.7. The predicted octanol–water partition coefficient (Wildman–Crippen LogP) is 1.18. The van der Waals surface area contributed by atoms with E-state index >= 15 is 0 Å². The van der Waals surface area contributed by atoms with Crippen LogP contribution >= 0.6 is 7.82 Å².